The van der Waals surface area contributed by atoms with E-state index < -0.39 is 0 Å². The monoisotopic (exact) mass is 210 g/mol. The molecule has 1 saturated carbocycles. The van der Waals surface area contributed by atoms with Crippen LogP contribution in [0, 0.1) is 5.92 Å². The normalized spacial score (nSPS) is 27.1. The number of amides is 1. The molecule has 1 aliphatic heterocycles. The van der Waals surface area contributed by atoms with Crippen LogP contribution >= 0.6 is 0 Å². The highest BCUT2D eigenvalue weighted by molar-refractivity contribution is 5.80. The molecule has 0 aromatic rings. The molecule has 3 nitrogen and oxygen atoms in total. The quantitative estimate of drug-likeness (QED) is 0.737. The third-order valence-electron chi connectivity index (χ3n) is 3.40. The summed E-state index contributed by atoms with van der Waals surface area (Å²) < 4.78 is 0. The lowest BCUT2D eigenvalue weighted by Gasteiger charge is -2.15. The number of carbonyl (C=O) groups is 1. The van der Waals surface area contributed by atoms with Crippen molar-refractivity contribution in [3.05, 3.63) is 0 Å². The molecule has 86 valence electrons. The summed E-state index contributed by atoms with van der Waals surface area (Å²) in [7, 11) is 0. The van der Waals surface area contributed by atoms with Crippen molar-refractivity contribution in [3.8, 4) is 0 Å². The molecule has 15 heavy (non-hydrogen) atoms. The Kier molecular flexibility index (Phi) is 4.01. The molecular formula is C12H22N2O. The Labute approximate surface area is 92.0 Å². The van der Waals surface area contributed by atoms with Gasteiger partial charge in [-0.05, 0) is 38.6 Å². The SMILES string of the molecule is O=C(NCCC1CCCCCN1)C1CC1. The summed E-state index contributed by atoms with van der Waals surface area (Å²) >= 11 is 0. The van der Waals surface area contributed by atoms with E-state index in [1.165, 1.54) is 25.7 Å². The molecule has 1 saturated heterocycles. The van der Waals surface area contributed by atoms with Crippen molar-refractivity contribution in [3.63, 3.8) is 0 Å². The molecule has 3 heteroatoms. The smallest absolute Gasteiger partial charge is 0.223 e. The molecule has 0 spiro atoms. The van der Waals surface area contributed by atoms with Crippen molar-refractivity contribution in [2.75, 3.05) is 13.1 Å². The Morgan fingerprint density at radius 3 is 2.87 bits per heavy atom. The molecule has 1 unspecified atom stereocenters. The maximum atomic E-state index is 11.4. The molecule has 1 heterocycles. The fourth-order valence-corrected chi connectivity index (χ4v) is 2.21. The van der Waals surface area contributed by atoms with Crippen LogP contribution in [0.2, 0.25) is 0 Å². The Morgan fingerprint density at radius 1 is 1.20 bits per heavy atom. The van der Waals surface area contributed by atoms with E-state index in [0.29, 0.717) is 12.0 Å². The predicted octanol–water partition coefficient (Wildman–Crippen LogP) is 1.43. The second-order valence-corrected chi connectivity index (χ2v) is 4.85. The number of nitrogens with one attached hydrogen (secondary N) is 2. The highest BCUT2D eigenvalue weighted by Gasteiger charge is 2.29. The van der Waals surface area contributed by atoms with Crippen molar-refractivity contribution in [1.82, 2.24) is 10.6 Å². The van der Waals surface area contributed by atoms with E-state index in [4.69, 9.17) is 0 Å². The van der Waals surface area contributed by atoms with E-state index >= 15 is 0 Å². The lowest BCUT2D eigenvalue weighted by molar-refractivity contribution is -0.122. The van der Waals surface area contributed by atoms with E-state index in [2.05, 4.69) is 10.6 Å². The van der Waals surface area contributed by atoms with Gasteiger partial charge in [0, 0.05) is 18.5 Å². The standard InChI is InChI=1S/C12H22N2O/c15-12(10-5-6-10)14-9-7-11-4-2-1-3-8-13-11/h10-11,13H,1-9H2,(H,14,15). The second-order valence-electron chi connectivity index (χ2n) is 4.85. The van der Waals surface area contributed by atoms with Crippen molar-refractivity contribution < 1.29 is 4.79 Å². The maximum absolute atomic E-state index is 11.4. The zero-order valence-corrected chi connectivity index (χ0v) is 9.43. The first kappa shape index (κ1) is 10.9. The van der Waals surface area contributed by atoms with Gasteiger partial charge >= 0.3 is 0 Å². The van der Waals surface area contributed by atoms with Gasteiger partial charge in [-0.2, -0.15) is 0 Å². The van der Waals surface area contributed by atoms with Crippen LogP contribution in [0.25, 0.3) is 0 Å². The third kappa shape index (κ3) is 3.82. The van der Waals surface area contributed by atoms with Crippen LogP contribution < -0.4 is 10.6 Å². The molecule has 0 bridgehead atoms. The fourth-order valence-electron chi connectivity index (χ4n) is 2.21. The van der Waals surface area contributed by atoms with Crippen LogP contribution in [0.3, 0.4) is 0 Å². The molecule has 2 aliphatic rings. The minimum Gasteiger partial charge on any atom is -0.356 e. The van der Waals surface area contributed by atoms with Crippen LogP contribution in [0.15, 0.2) is 0 Å². The van der Waals surface area contributed by atoms with Gasteiger partial charge in [0.15, 0.2) is 0 Å². The fraction of sp³-hybridized carbons (Fsp3) is 0.917. The minimum absolute atomic E-state index is 0.281. The van der Waals surface area contributed by atoms with Gasteiger partial charge in [0.25, 0.3) is 0 Å². The number of hydrogen-bond donors (Lipinski definition) is 2. The van der Waals surface area contributed by atoms with E-state index in [1.807, 2.05) is 0 Å². The van der Waals surface area contributed by atoms with E-state index in [1.54, 1.807) is 0 Å². The van der Waals surface area contributed by atoms with Gasteiger partial charge in [0.05, 0.1) is 0 Å². The molecule has 0 aromatic carbocycles. The van der Waals surface area contributed by atoms with Gasteiger partial charge < -0.3 is 10.6 Å². The number of carbonyl (C=O) groups excluding carboxylic acids is 1. The van der Waals surface area contributed by atoms with Gasteiger partial charge in [-0.15, -0.1) is 0 Å². The van der Waals surface area contributed by atoms with Crippen molar-refractivity contribution >= 4 is 5.91 Å². The molecule has 0 radical (unpaired) electrons. The maximum Gasteiger partial charge on any atom is 0.223 e. The summed E-state index contributed by atoms with van der Waals surface area (Å²) in [6.45, 7) is 2.01. The highest BCUT2D eigenvalue weighted by Crippen LogP contribution is 2.28. The van der Waals surface area contributed by atoms with Gasteiger partial charge in [0.1, 0.15) is 0 Å². The molecule has 2 fully saturated rings. The summed E-state index contributed by atoms with van der Waals surface area (Å²) in [6.07, 6.45) is 8.59. The summed E-state index contributed by atoms with van der Waals surface area (Å²) in [5.41, 5.74) is 0. The van der Waals surface area contributed by atoms with Crippen LogP contribution in [0.5, 0.6) is 0 Å². The molecule has 1 aliphatic carbocycles. The Morgan fingerprint density at radius 2 is 2.07 bits per heavy atom. The summed E-state index contributed by atoms with van der Waals surface area (Å²) in [5, 5.41) is 6.58. The summed E-state index contributed by atoms with van der Waals surface area (Å²) in [6, 6.07) is 0.631. The minimum atomic E-state index is 0.281. The Hall–Kier alpha value is -0.570. The van der Waals surface area contributed by atoms with Gasteiger partial charge in [-0.1, -0.05) is 12.8 Å². The largest absolute Gasteiger partial charge is 0.356 e. The molecule has 2 rings (SSSR count). The van der Waals surface area contributed by atoms with Crippen molar-refractivity contribution in [2.24, 2.45) is 5.92 Å². The van der Waals surface area contributed by atoms with E-state index in [-0.39, 0.29) is 5.91 Å². The molecule has 1 amide bonds. The first-order chi connectivity index (χ1) is 7.36. The molecular weight excluding hydrogens is 188 g/mol. The van der Waals surface area contributed by atoms with Gasteiger partial charge in [0.2, 0.25) is 5.91 Å². The summed E-state index contributed by atoms with van der Waals surface area (Å²) in [5.74, 6) is 0.635. The summed E-state index contributed by atoms with van der Waals surface area (Å²) in [4.78, 5) is 11.4. The average Bonchev–Trinajstić information content (AvgIpc) is 3.06. The lowest BCUT2D eigenvalue weighted by Crippen LogP contribution is -2.34. The first-order valence-corrected chi connectivity index (χ1v) is 6.37. The molecule has 2 N–H and O–H groups in total. The van der Waals surface area contributed by atoms with Crippen molar-refractivity contribution in [1.29, 1.82) is 0 Å². The molecule has 0 aromatic heterocycles. The third-order valence-corrected chi connectivity index (χ3v) is 3.40. The first-order valence-electron chi connectivity index (χ1n) is 6.37. The van der Waals surface area contributed by atoms with Crippen LogP contribution in [0.1, 0.15) is 44.9 Å². The van der Waals surface area contributed by atoms with Crippen LogP contribution in [-0.4, -0.2) is 25.0 Å². The van der Waals surface area contributed by atoms with Crippen LogP contribution in [-0.2, 0) is 4.79 Å². The Bertz CT molecular complexity index is 206. The zero-order chi connectivity index (χ0) is 10.5. The van der Waals surface area contributed by atoms with Gasteiger partial charge in [-0.25, -0.2) is 0 Å². The van der Waals surface area contributed by atoms with Gasteiger partial charge in [-0.3, -0.25) is 4.79 Å². The predicted molar refractivity (Wildman–Crippen MR) is 60.6 cm³/mol. The van der Waals surface area contributed by atoms with Crippen molar-refractivity contribution in [2.45, 2.75) is 51.0 Å². The number of rotatable bonds is 4. The molecule has 1 atom stereocenters. The number of hydrogen-bond acceptors (Lipinski definition) is 2. The average molecular weight is 210 g/mol. The van der Waals surface area contributed by atoms with E-state index in [0.717, 1.165) is 32.4 Å². The zero-order valence-electron chi connectivity index (χ0n) is 9.43. The Balaban J connectivity index is 1.57. The highest BCUT2D eigenvalue weighted by atomic mass is 16.2. The van der Waals surface area contributed by atoms with E-state index in [9.17, 15) is 4.79 Å². The lowest BCUT2D eigenvalue weighted by atomic mass is 10.1. The van der Waals surface area contributed by atoms with Crippen LogP contribution in [0.4, 0.5) is 0 Å². The topological polar surface area (TPSA) is 41.1 Å². The second kappa shape index (κ2) is 5.50.